The van der Waals surface area contributed by atoms with Crippen LogP contribution in [0.2, 0.25) is 0 Å². The summed E-state index contributed by atoms with van der Waals surface area (Å²) >= 11 is 1.27. The molecule has 24 heavy (non-hydrogen) atoms. The quantitative estimate of drug-likeness (QED) is 0.710. The molecule has 0 unspecified atom stereocenters. The number of thiophene rings is 1. The van der Waals surface area contributed by atoms with Gasteiger partial charge in [0.1, 0.15) is 11.6 Å². The van der Waals surface area contributed by atoms with E-state index < -0.39 is 23.5 Å². The van der Waals surface area contributed by atoms with Crippen LogP contribution >= 0.6 is 11.3 Å². The van der Waals surface area contributed by atoms with Crippen LogP contribution in [0.1, 0.15) is 5.56 Å². The van der Waals surface area contributed by atoms with Gasteiger partial charge in [0, 0.05) is 23.7 Å². The van der Waals surface area contributed by atoms with Crippen molar-refractivity contribution in [1.29, 1.82) is 0 Å². The molecule has 0 atom stereocenters. The Morgan fingerprint density at radius 1 is 1.08 bits per heavy atom. The zero-order valence-electron chi connectivity index (χ0n) is 12.2. The minimum atomic E-state index is -0.760. The van der Waals surface area contributed by atoms with E-state index >= 15 is 0 Å². The first-order valence-corrected chi connectivity index (χ1v) is 7.83. The maximum Gasteiger partial charge on any atom is 0.229 e. The van der Waals surface area contributed by atoms with Gasteiger partial charge in [-0.15, -0.1) is 11.3 Å². The average molecular weight is 348 g/mol. The van der Waals surface area contributed by atoms with Crippen molar-refractivity contribution in [3.63, 3.8) is 0 Å². The molecular weight excluding hydrogens is 337 g/mol. The molecular formula is C17H11F3N2OS. The summed E-state index contributed by atoms with van der Waals surface area (Å²) in [5.74, 6) is -2.46. The van der Waals surface area contributed by atoms with Crippen molar-refractivity contribution < 1.29 is 18.0 Å². The van der Waals surface area contributed by atoms with Gasteiger partial charge < -0.3 is 5.32 Å². The minimum Gasteiger partial charge on any atom is -0.317 e. The molecule has 0 aliphatic carbocycles. The topological polar surface area (TPSA) is 42.0 Å². The Morgan fingerprint density at radius 3 is 2.67 bits per heavy atom. The standard InChI is InChI=1S/C17H11F3N2OS/c18-13-2-1-11(14(19)8-13)6-16(23)22-17-7-12(9-24-17)10-3-4-21-15(20)5-10/h1-5,7-9H,6H2,(H,22,23). The van der Waals surface area contributed by atoms with Crippen LogP contribution < -0.4 is 5.32 Å². The van der Waals surface area contributed by atoms with Crippen molar-refractivity contribution in [3.05, 3.63) is 71.1 Å². The fourth-order valence-corrected chi connectivity index (χ4v) is 2.98. The molecule has 122 valence electrons. The van der Waals surface area contributed by atoms with Crippen LogP contribution in [0.4, 0.5) is 18.2 Å². The lowest BCUT2D eigenvalue weighted by molar-refractivity contribution is -0.115. The number of amides is 1. The van der Waals surface area contributed by atoms with Gasteiger partial charge in [-0.05, 0) is 34.9 Å². The van der Waals surface area contributed by atoms with Crippen LogP contribution in [-0.4, -0.2) is 10.9 Å². The van der Waals surface area contributed by atoms with Crippen molar-refractivity contribution in [1.82, 2.24) is 4.98 Å². The Bertz CT molecular complexity index is 895. The molecule has 0 saturated carbocycles. The number of hydrogen-bond donors (Lipinski definition) is 1. The number of benzene rings is 1. The third-order valence-corrected chi connectivity index (χ3v) is 4.13. The van der Waals surface area contributed by atoms with E-state index in [1.54, 1.807) is 17.5 Å². The summed E-state index contributed by atoms with van der Waals surface area (Å²) in [5, 5.41) is 4.96. The van der Waals surface area contributed by atoms with E-state index in [1.165, 1.54) is 29.7 Å². The maximum atomic E-state index is 13.6. The molecule has 1 amide bonds. The average Bonchev–Trinajstić information content (AvgIpc) is 2.98. The molecule has 0 bridgehead atoms. The molecule has 2 heterocycles. The number of halogens is 3. The normalized spacial score (nSPS) is 10.6. The highest BCUT2D eigenvalue weighted by Gasteiger charge is 2.11. The van der Waals surface area contributed by atoms with Crippen LogP contribution in [0, 0.1) is 17.6 Å². The summed E-state index contributed by atoms with van der Waals surface area (Å²) in [6.07, 6.45) is 1.15. The predicted octanol–water partition coefficient (Wildman–Crippen LogP) is 4.41. The molecule has 0 fully saturated rings. The fraction of sp³-hybridized carbons (Fsp3) is 0.0588. The van der Waals surface area contributed by atoms with Crippen molar-refractivity contribution in [2.24, 2.45) is 0 Å². The van der Waals surface area contributed by atoms with Gasteiger partial charge in [-0.2, -0.15) is 4.39 Å². The smallest absolute Gasteiger partial charge is 0.229 e. The Balaban J connectivity index is 1.69. The summed E-state index contributed by atoms with van der Waals surface area (Å²) in [6.45, 7) is 0. The first-order valence-electron chi connectivity index (χ1n) is 6.95. The largest absolute Gasteiger partial charge is 0.317 e. The number of aromatic nitrogens is 1. The number of carbonyl (C=O) groups excluding carboxylic acids is 1. The van der Waals surface area contributed by atoms with Gasteiger partial charge in [-0.1, -0.05) is 6.07 Å². The Hall–Kier alpha value is -2.67. The van der Waals surface area contributed by atoms with Gasteiger partial charge >= 0.3 is 0 Å². The third kappa shape index (κ3) is 3.80. The Kier molecular flexibility index (Phi) is 4.61. The van der Waals surface area contributed by atoms with Gasteiger partial charge in [0.15, 0.2) is 0 Å². The number of hydrogen-bond acceptors (Lipinski definition) is 3. The van der Waals surface area contributed by atoms with Gasteiger partial charge in [0.05, 0.1) is 11.4 Å². The highest BCUT2D eigenvalue weighted by Crippen LogP contribution is 2.29. The fourth-order valence-electron chi connectivity index (χ4n) is 2.15. The zero-order valence-corrected chi connectivity index (χ0v) is 13.0. The molecule has 3 aromatic rings. The second-order valence-electron chi connectivity index (χ2n) is 5.03. The molecule has 0 aliphatic heterocycles. The summed E-state index contributed by atoms with van der Waals surface area (Å²) in [4.78, 5) is 15.5. The third-order valence-electron chi connectivity index (χ3n) is 3.29. The minimum absolute atomic E-state index is 0.113. The first-order chi connectivity index (χ1) is 11.5. The van der Waals surface area contributed by atoms with E-state index in [0.29, 0.717) is 10.6 Å². The van der Waals surface area contributed by atoms with Gasteiger partial charge in [-0.25, -0.2) is 13.8 Å². The monoisotopic (exact) mass is 348 g/mol. The number of carbonyl (C=O) groups is 1. The molecule has 0 spiro atoms. The van der Waals surface area contributed by atoms with E-state index in [9.17, 15) is 18.0 Å². The molecule has 7 heteroatoms. The van der Waals surface area contributed by atoms with Crippen molar-refractivity contribution in [3.8, 4) is 11.1 Å². The highest BCUT2D eigenvalue weighted by atomic mass is 32.1. The van der Waals surface area contributed by atoms with E-state index in [2.05, 4.69) is 10.3 Å². The van der Waals surface area contributed by atoms with Crippen molar-refractivity contribution in [2.45, 2.75) is 6.42 Å². The van der Waals surface area contributed by atoms with Crippen LogP contribution in [0.5, 0.6) is 0 Å². The molecule has 1 aromatic carbocycles. The van der Waals surface area contributed by atoms with Crippen LogP contribution in [0.3, 0.4) is 0 Å². The predicted molar refractivity (Wildman–Crippen MR) is 86.2 cm³/mol. The number of nitrogens with one attached hydrogen (secondary N) is 1. The number of nitrogens with zero attached hydrogens (tertiary/aromatic N) is 1. The Morgan fingerprint density at radius 2 is 1.92 bits per heavy atom. The van der Waals surface area contributed by atoms with E-state index in [-0.39, 0.29) is 12.0 Å². The molecule has 0 radical (unpaired) electrons. The van der Waals surface area contributed by atoms with Crippen molar-refractivity contribution >= 4 is 22.2 Å². The van der Waals surface area contributed by atoms with Crippen LogP contribution in [0.15, 0.2) is 48.0 Å². The second-order valence-corrected chi connectivity index (χ2v) is 5.94. The van der Waals surface area contributed by atoms with E-state index in [0.717, 1.165) is 17.7 Å². The lowest BCUT2D eigenvalue weighted by Crippen LogP contribution is -2.14. The first kappa shape index (κ1) is 16.2. The lowest BCUT2D eigenvalue weighted by atomic mass is 10.1. The molecule has 0 aliphatic rings. The Labute approximate surface area is 139 Å². The maximum absolute atomic E-state index is 13.6. The molecule has 1 N–H and O–H groups in total. The second kappa shape index (κ2) is 6.84. The molecule has 3 nitrogen and oxygen atoms in total. The SMILES string of the molecule is O=C(Cc1ccc(F)cc1F)Nc1cc(-c2ccnc(F)c2)cs1. The number of rotatable bonds is 4. The van der Waals surface area contributed by atoms with Crippen molar-refractivity contribution in [2.75, 3.05) is 5.32 Å². The van der Waals surface area contributed by atoms with Crippen LogP contribution in [-0.2, 0) is 11.2 Å². The van der Waals surface area contributed by atoms with Gasteiger partial charge in [0.25, 0.3) is 0 Å². The van der Waals surface area contributed by atoms with Gasteiger partial charge in [-0.3, -0.25) is 4.79 Å². The highest BCUT2D eigenvalue weighted by molar-refractivity contribution is 7.14. The molecule has 2 aromatic heterocycles. The zero-order chi connectivity index (χ0) is 17.1. The molecule has 3 rings (SSSR count). The van der Waals surface area contributed by atoms with E-state index in [1.807, 2.05) is 0 Å². The summed E-state index contributed by atoms with van der Waals surface area (Å²) in [5.41, 5.74) is 1.50. The lowest BCUT2D eigenvalue weighted by Gasteiger charge is -2.04. The number of pyridine rings is 1. The summed E-state index contributed by atoms with van der Waals surface area (Å²) < 4.78 is 39.5. The number of anilines is 1. The summed E-state index contributed by atoms with van der Waals surface area (Å²) in [6, 6.07) is 7.73. The molecule has 0 saturated heterocycles. The van der Waals surface area contributed by atoms with Gasteiger partial charge in [0.2, 0.25) is 11.9 Å². The van der Waals surface area contributed by atoms with E-state index in [4.69, 9.17) is 0 Å². The van der Waals surface area contributed by atoms with Crippen LogP contribution in [0.25, 0.3) is 11.1 Å². The summed E-state index contributed by atoms with van der Waals surface area (Å²) in [7, 11) is 0.